The summed E-state index contributed by atoms with van der Waals surface area (Å²) in [4.78, 5) is 16.2. The number of furan rings is 1. The third-order valence-corrected chi connectivity index (χ3v) is 3.41. The van der Waals surface area contributed by atoms with E-state index in [4.69, 9.17) is 16.0 Å². The molecule has 2 aromatic heterocycles. The van der Waals surface area contributed by atoms with E-state index in [-0.39, 0.29) is 11.9 Å². The zero-order valence-corrected chi connectivity index (χ0v) is 12.8. The van der Waals surface area contributed by atoms with Crippen LogP contribution in [0.3, 0.4) is 0 Å². The van der Waals surface area contributed by atoms with Crippen molar-refractivity contribution in [3.63, 3.8) is 0 Å². The van der Waals surface area contributed by atoms with Gasteiger partial charge in [0.15, 0.2) is 0 Å². The van der Waals surface area contributed by atoms with Gasteiger partial charge in [0.1, 0.15) is 11.6 Å². The lowest BCUT2D eigenvalue weighted by atomic mass is 10.1. The summed E-state index contributed by atoms with van der Waals surface area (Å²) in [5.74, 6) is 1.29. The second-order valence-corrected chi connectivity index (χ2v) is 5.20. The number of amides is 1. The minimum Gasteiger partial charge on any atom is -0.469 e. The quantitative estimate of drug-likeness (QED) is 0.860. The molecule has 1 unspecified atom stereocenters. The van der Waals surface area contributed by atoms with Crippen molar-refractivity contribution in [3.05, 3.63) is 47.0 Å². The first-order valence-corrected chi connectivity index (χ1v) is 7.14. The Morgan fingerprint density at radius 2 is 2.33 bits per heavy atom. The lowest BCUT2D eigenvalue weighted by molar-refractivity contribution is 0.0938. The van der Waals surface area contributed by atoms with E-state index in [9.17, 15) is 4.79 Å². The highest BCUT2D eigenvalue weighted by molar-refractivity contribution is 6.33. The fourth-order valence-corrected chi connectivity index (χ4v) is 2.20. The Kier molecular flexibility index (Phi) is 5.22. The molecule has 1 amide bonds. The van der Waals surface area contributed by atoms with Crippen LogP contribution in [-0.2, 0) is 6.42 Å². The molecule has 0 fully saturated rings. The van der Waals surface area contributed by atoms with Gasteiger partial charge in [-0.05, 0) is 31.5 Å². The molecule has 2 aromatic rings. The topological polar surface area (TPSA) is 67.2 Å². The van der Waals surface area contributed by atoms with Gasteiger partial charge in [-0.15, -0.1) is 0 Å². The summed E-state index contributed by atoms with van der Waals surface area (Å²) in [6, 6.07) is 5.42. The Balaban J connectivity index is 1.89. The Hall–Kier alpha value is -2.01. The minimum absolute atomic E-state index is 0.0327. The maximum Gasteiger partial charge on any atom is 0.253 e. The van der Waals surface area contributed by atoms with E-state index in [0.29, 0.717) is 16.4 Å². The van der Waals surface area contributed by atoms with Gasteiger partial charge in [0.2, 0.25) is 0 Å². The third-order valence-electron chi connectivity index (χ3n) is 3.12. The summed E-state index contributed by atoms with van der Waals surface area (Å²) >= 11 is 6.02. The molecule has 0 spiro atoms. The number of rotatable bonds is 6. The van der Waals surface area contributed by atoms with Crippen molar-refractivity contribution in [2.24, 2.45) is 0 Å². The number of aryl methyl sites for hydroxylation is 1. The van der Waals surface area contributed by atoms with Gasteiger partial charge >= 0.3 is 0 Å². The van der Waals surface area contributed by atoms with Gasteiger partial charge < -0.3 is 15.1 Å². The summed E-state index contributed by atoms with van der Waals surface area (Å²) in [7, 11) is 1.73. The number of carbonyl (C=O) groups is 1. The van der Waals surface area contributed by atoms with Gasteiger partial charge in [-0.25, -0.2) is 4.98 Å². The molecule has 5 nitrogen and oxygen atoms in total. The number of anilines is 1. The monoisotopic (exact) mass is 307 g/mol. The Labute approximate surface area is 128 Å². The van der Waals surface area contributed by atoms with Gasteiger partial charge in [-0.1, -0.05) is 11.6 Å². The highest BCUT2D eigenvalue weighted by Gasteiger charge is 2.12. The van der Waals surface area contributed by atoms with Crippen LogP contribution in [0, 0.1) is 0 Å². The molecule has 6 heteroatoms. The summed E-state index contributed by atoms with van der Waals surface area (Å²) < 4.78 is 5.27. The van der Waals surface area contributed by atoms with Crippen LogP contribution in [0.2, 0.25) is 5.02 Å². The van der Waals surface area contributed by atoms with Crippen LogP contribution >= 0.6 is 11.6 Å². The van der Waals surface area contributed by atoms with Crippen LogP contribution in [0.5, 0.6) is 0 Å². The molecule has 0 aromatic carbocycles. The lowest BCUT2D eigenvalue weighted by Gasteiger charge is -2.13. The number of aromatic nitrogens is 1. The van der Waals surface area contributed by atoms with E-state index < -0.39 is 0 Å². The molecule has 0 aliphatic carbocycles. The lowest BCUT2D eigenvalue weighted by Crippen LogP contribution is -2.33. The van der Waals surface area contributed by atoms with E-state index >= 15 is 0 Å². The highest BCUT2D eigenvalue weighted by Crippen LogP contribution is 2.19. The van der Waals surface area contributed by atoms with Gasteiger partial charge in [-0.3, -0.25) is 4.79 Å². The first-order chi connectivity index (χ1) is 10.1. The fourth-order valence-electron chi connectivity index (χ4n) is 1.94. The van der Waals surface area contributed by atoms with Crippen molar-refractivity contribution >= 4 is 23.3 Å². The van der Waals surface area contributed by atoms with Gasteiger partial charge in [-0.2, -0.15) is 0 Å². The average molecular weight is 308 g/mol. The second kappa shape index (κ2) is 7.13. The molecule has 0 bridgehead atoms. The van der Waals surface area contributed by atoms with Crippen LogP contribution in [-0.4, -0.2) is 24.0 Å². The van der Waals surface area contributed by atoms with Crippen molar-refractivity contribution in [3.8, 4) is 0 Å². The normalized spacial score (nSPS) is 12.0. The van der Waals surface area contributed by atoms with Crippen molar-refractivity contribution in [1.82, 2.24) is 10.3 Å². The number of nitrogens with zero attached hydrogens (tertiary/aromatic N) is 1. The molecule has 2 heterocycles. The fraction of sp³-hybridized carbons (Fsp3) is 0.333. The van der Waals surface area contributed by atoms with E-state index in [1.165, 1.54) is 6.20 Å². The SMILES string of the molecule is CNc1ncc(C(=O)NC(C)CCc2ccco2)cc1Cl. The first-order valence-electron chi connectivity index (χ1n) is 6.76. The average Bonchev–Trinajstić information content (AvgIpc) is 2.98. The van der Waals surface area contributed by atoms with E-state index in [0.717, 1.165) is 18.6 Å². The first kappa shape index (κ1) is 15.4. The largest absolute Gasteiger partial charge is 0.469 e. The molecule has 0 aliphatic rings. The smallest absolute Gasteiger partial charge is 0.253 e. The Bertz CT molecular complexity index is 599. The summed E-state index contributed by atoms with van der Waals surface area (Å²) in [6.45, 7) is 1.96. The maximum atomic E-state index is 12.1. The number of hydrogen-bond acceptors (Lipinski definition) is 4. The molecule has 0 saturated heterocycles. The van der Waals surface area contributed by atoms with E-state index in [2.05, 4.69) is 15.6 Å². The zero-order chi connectivity index (χ0) is 15.2. The number of pyridine rings is 1. The molecule has 0 saturated carbocycles. The van der Waals surface area contributed by atoms with E-state index in [1.54, 1.807) is 19.4 Å². The second-order valence-electron chi connectivity index (χ2n) is 4.80. The molecule has 112 valence electrons. The molecule has 0 aliphatic heterocycles. The molecule has 21 heavy (non-hydrogen) atoms. The third kappa shape index (κ3) is 4.23. The van der Waals surface area contributed by atoms with Gasteiger partial charge in [0.05, 0.1) is 16.8 Å². The summed E-state index contributed by atoms with van der Waals surface area (Å²) in [6.07, 6.45) is 4.74. The molecular weight excluding hydrogens is 290 g/mol. The van der Waals surface area contributed by atoms with Crippen LogP contribution in [0.25, 0.3) is 0 Å². The van der Waals surface area contributed by atoms with Gasteiger partial charge in [0, 0.05) is 25.7 Å². The van der Waals surface area contributed by atoms with Crippen LogP contribution in [0.1, 0.15) is 29.5 Å². The number of halogens is 1. The standard InChI is InChI=1S/C15H18ClN3O2/c1-10(5-6-12-4-3-7-21-12)19-15(20)11-8-13(16)14(17-2)18-9-11/h3-4,7-10H,5-6H2,1-2H3,(H,17,18)(H,19,20). The van der Waals surface area contributed by atoms with Crippen LogP contribution in [0.15, 0.2) is 35.1 Å². The van der Waals surface area contributed by atoms with Gasteiger partial charge in [0.25, 0.3) is 5.91 Å². The van der Waals surface area contributed by atoms with Crippen LogP contribution in [0.4, 0.5) is 5.82 Å². The molecule has 1 atom stereocenters. The number of nitrogens with one attached hydrogen (secondary N) is 2. The maximum absolute atomic E-state index is 12.1. The molecule has 2 rings (SSSR count). The number of carbonyl (C=O) groups excluding carboxylic acids is 1. The predicted molar refractivity (Wildman–Crippen MR) is 82.8 cm³/mol. The molecule has 2 N–H and O–H groups in total. The van der Waals surface area contributed by atoms with Crippen molar-refractivity contribution in [1.29, 1.82) is 0 Å². The summed E-state index contributed by atoms with van der Waals surface area (Å²) in [5, 5.41) is 6.20. The molecule has 0 radical (unpaired) electrons. The Morgan fingerprint density at radius 1 is 1.52 bits per heavy atom. The number of hydrogen-bond donors (Lipinski definition) is 2. The summed E-state index contributed by atoms with van der Waals surface area (Å²) in [5.41, 5.74) is 0.448. The Morgan fingerprint density at radius 3 is 2.95 bits per heavy atom. The molecular formula is C15H18ClN3O2. The van der Waals surface area contributed by atoms with Crippen molar-refractivity contribution in [2.75, 3.05) is 12.4 Å². The van der Waals surface area contributed by atoms with Crippen molar-refractivity contribution < 1.29 is 9.21 Å². The minimum atomic E-state index is -0.181. The van der Waals surface area contributed by atoms with Crippen molar-refractivity contribution in [2.45, 2.75) is 25.8 Å². The predicted octanol–water partition coefficient (Wildman–Crippen LogP) is 3.12. The van der Waals surface area contributed by atoms with Crippen LogP contribution < -0.4 is 10.6 Å². The highest BCUT2D eigenvalue weighted by atomic mass is 35.5. The zero-order valence-electron chi connectivity index (χ0n) is 12.0. The van der Waals surface area contributed by atoms with E-state index in [1.807, 2.05) is 19.1 Å².